The van der Waals surface area contributed by atoms with E-state index < -0.39 is 0 Å². The second kappa shape index (κ2) is 11.4. The first-order valence-corrected chi connectivity index (χ1v) is 10.7. The van der Waals surface area contributed by atoms with Gasteiger partial charge in [0.05, 0.1) is 14.2 Å². The van der Waals surface area contributed by atoms with Crippen LogP contribution in [0.3, 0.4) is 0 Å². The number of nitrogens with one attached hydrogen (secondary N) is 1. The summed E-state index contributed by atoms with van der Waals surface area (Å²) < 4.78 is 10.6. The number of amides is 2. The minimum Gasteiger partial charge on any atom is -0.493 e. The molecule has 2 amide bonds. The maximum atomic E-state index is 13.0. The molecule has 0 aliphatic carbocycles. The molecule has 0 fully saturated rings. The Balaban J connectivity index is 2.05. The van der Waals surface area contributed by atoms with Gasteiger partial charge in [0.25, 0.3) is 0 Å². The molecular formula is C25H34N2O4. The molecule has 0 aromatic heterocycles. The highest BCUT2D eigenvalue weighted by Crippen LogP contribution is 2.28. The van der Waals surface area contributed by atoms with Crippen LogP contribution in [-0.2, 0) is 16.0 Å². The molecule has 0 spiro atoms. The first kappa shape index (κ1) is 24.3. The average molecular weight is 427 g/mol. The molecule has 2 rings (SSSR count). The molecule has 0 heterocycles. The van der Waals surface area contributed by atoms with E-state index in [9.17, 15) is 9.59 Å². The summed E-state index contributed by atoms with van der Waals surface area (Å²) in [5, 5.41) is 2.95. The van der Waals surface area contributed by atoms with Gasteiger partial charge in [-0.1, -0.05) is 25.1 Å². The summed E-state index contributed by atoms with van der Waals surface area (Å²) in [6.07, 6.45) is 1.65. The molecule has 1 atom stereocenters. The summed E-state index contributed by atoms with van der Waals surface area (Å²) >= 11 is 0. The minimum absolute atomic E-state index is 0.0257. The van der Waals surface area contributed by atoms with Gasteiger partial charge in [0.1, 0.15) is 6.54 Å². The standard InChI is InChI=1S/C25H34N2O4/c1-7-18(3)27(16-24(28)26-21-10-8-9-17(2)19(21)4)25(29)14-12-20-11-13-22(30-5)23(15-20)31-6/h8-11,13,15,18H,7,12,14,16H2,1-6H3,(H,26,28). The highest BCUT2D eigenvalue weighted by atomic mass is 16.5. The number of benzene rings is 2. The molecule has 0 saturated carbocycles. The van der Waals surface area contributed by atoms with Gasteiger partial charge in [0.2, 0.25) is 11.8 Å². The van der Waals surface area contributed by atoms with Crippen molar-refractivity contribution in [1.82, 2.24) is 4.90 Å². The van der Waals surface area contributed by atoms with E-state index in [-0.39, 0.29) is 24.4 Å². The number of nitrogens with zero attached hydrogens (tertiary/aromatic N) is 1. The Bertz CT molecular complexity index is 910. The van der Waals surface area contributed by atoms with Gasteiger partial charge in [0.15, 0.2) is 11.5 Å². The third-order valence-electron chi connectivity index (χ3n) is 5.71. The van der Waals surface area contributed by atoms with E-state index in [1.165, 1.54) is 0 Å². The van der Waals surface area contributed by atoms with Crippen molar-refractivity contribution in [3.8, 4) is 11.5 Å². The smallest absolute Gasteiger partial charge is 0.244 e. The molecule has 31 heavy (non-hydrogen) atoms. The maximum absolute atomic E-state index is 13.0. The SMILES string of the molecule is CCC(C)N(CC(=O)Nc1cccc(C)c1C)C(=O)CCc1ccc(OC)c(OC)c1. The molecule has 6 heteroatoms. The van der Waals surface area contributed by atoms with Crippen LogP contribution in [0.1, 0.15) is 43.4 Å². The summed E-state index contributed by atoms with van der Waals surface area (Å²) in [4.78, 5) is 27.4. The molecule has 0 aliphatic rings. The fourth-order valence-corrected chi connectivity index (χ4v) is 3.37. The van der Waals surface area contributed by atoms with E-state index in [0.29, 0.717) is 24.3 Å². The lowest BCUT2D eigenvalue weighted by atomic mass is 10.1. The average Bonchev–Trinajstić information content (AvgIpc) is 2.78. The van der Waals surface area contributed by atoms with Gasteiger partial charge >= 0.3 is 0 Å². The molecule has 0 bridgehead atoms. The van der Waals surface area contributed by atoms with E-state index in [1.54, 1.807) is 19.1 Å². The second-order valence-electron chi connectivity index (χ2n) is 7.76. The zero-order valence-corrected chi connectivity index (χ0v) is 19.5. The predicted molar refractivity (Wildman–Crippen MR) is 124 cm³/mol. The molecular weight excluding hydrogens is 392 g/mol. The predicted octanol–water partition coefficient (Wildman–Crippen LogP) is 4.52. The van der Waals surface area contributed by atoms with E-state index >= 15 is 0 Å². The van der Waals surface area contributed by atoms with Gasteiger partial charge in [0, 0.05) is 18.2 Å². The van der Waals surface area contributed by atoms with Crippen molar-refractivity contribution in [1.29, 1.82) is 0 Å². The molecule has 6 nitrogen and oxygen atoms in total. The van der Waals surface area contributed by atoms with Gasteiger partial charge in [-0.15, -0.1) is 0 Å². The van der Waals surface area contributed by atoms with Gasteiger partial charge in [-0.2, -0.15) is 0 Å². The zero-order chi connectivity index (χ0) is 23.0. The van der Waals surface area contributed by atoms with Crippen LogP contribution in [0.25, 0.3) is 0 Å². The van der Waals surface area contributed by atoms with Crippen molar-refractivity contribution in [2.24, 2.45) is 0 Å². The second-order valence-corrected chi connectivity index (χ2v) is 7.76. The van der Waals surface area contributed by atoms with E-state index in [4.69, 9.17) is 9.47 Å². The van der Waals surface area contributed by atoms with Crippen molar-refractivity contribution >= 4 is 17.5 Å². The van der Waals surface area contributed by atoms with Crippen LogP contribution in [-0.4, -0.2) is 43.5 Å². The van der Waals surface area contributed by atoms with Crippen LogP contribution in [0.15, 0.2) is 36.4 Å². The molecule has 2 aromatic rings. The van der Waals surface area contributed by atoms with Crippen LogP contribution in [0.4, 0.5) is 5.69 Å². The van der Waals surface area contributed by atoms with Crippen LogP contribution in [0.2, 0.25) is 0 Å². The Labute approximate surface area is 185 Å². The van der Waals surface area contributed by atoms with Crippen molar-refractivity contribution in [2.75, 3.05) is 26.1 Å². The summed E-state index contributed by atoms with van der Waals surface area (Å²) in [5.41, 5.74) is 3.91. The Morgan fingerprint density at radius 1 is 1.06 bits per heavy atom. The van der Waals surface area contributed by atoms with Crippen LogP contribution in [0, 0.1) is 13.8 Å². The van der Waals surface area contributed by atoms with Gasteiger partial charge in [-0.3, -0.25) is 9.59 Å². The largest absolute Gasteiger partial charge is 0.493 e. The van der Waals surface area contributed by atoms with E-state index in [2.05, 4.69) is 5.32 Å². The number of aryl methyl sites for hydroxylation is 2. The van der Waals surface area contributed by atoms with E-state index in [0.717, 1.165) is 28.8 Å². The van der Waals surface area contributed by atoms with Gasteiger partial charge in [-0.05, 0) is 68.5 Å². The molecule has 0 radical (unpaired) electrons. The summed E-state index contributed by atoms with van der Waals surface area (Å²) in [6.45, 7) is 8.01. The first-order valence-electron chi connectivity index (χ1n) is 10.7. The minimum atomic E-state index is -0.187. The fraction of sp³-hybridized carbons (Fsp3) is 0.440. The van der Waals surface area contributed by atoms with E-state index in [1.807, 2.05) is 64.1 Å². The highest BCUT2D eigenvalue weighted by molar-refractivity contribution is 5.95. The summed E-state index contributed by atoms with van der Waals surface area (Å²) in [7, 11) is 3.18. The number of methoxy groups -OCH3 is 2. The summed E-state index contributed by atoms with van der Waals surface area (Å²) in [6, 6.07) is 11.4. The lowest BCUT2D eigenvalue weighted by Crippen LogP contribution is -2.43. The number of hydrogen-bond acceptors (Lipinski definition) is 4. The molecule has 0 aliphatic heterocycles. The van der Waals surface area contributed by atoms with Gasteiger partial charge in [-0.25, -0.2) is 0 Å². The number of ether oxygens (including phenoxy) is 2. The van der Waals surface area contributed by atoms with Crippen molar-refractivity contribution in [2.45, 2.75) is 53.0 Å². The highest BCUT2D eigenvalue weighted by Gasteiger charge is 2.22. The Hall–Kier alpha value is -3.02. The third-order valence-corrected chi connectivity index (χ3v) is 5.71. The Morgan fingerprint density at radius 2 is 1.77 bits per heavy atom. The number of carbonyl (C=O) groups is 2. The third kappa shape index (κ3) is 6.48. The van der Waals surface area contributed by atoms with Crippen molar-refractivity contribution in [3.05, 3.63) is 53.1 Å². The molecule has 1 N–H and O–H groups in total. The topological polar surface area (TPSA) is 67.9 Å². The Kier molecular flexibility index (Phi) is 8.91. The number of carbonyl (C=O) groups excluding carboxylic acids is 2. The van der Waals surface area contributed by atoms with Crippen molar-refractivity contribution in [3.63, 3.8) is 0 Å². The summed E-state index contributed by atoms with van der Waals surface area (Å²) in [5.74, 6) is 1.06. The van der Waals surface area contributed by atoms with Crippen LogP contribution >= 0.6 is 0 Å². The molecule has 168 valence electrons. The Morgan fingerprint density at radius 3 is 2.42 bits per heavy atom. The lowest BCUT2D eigenvalue weighted by Gasteiger charge is -2.28. The first-order chi connectivity index (χ1) is 14.8. The van der Waals surface area contributed by atoms with Crippen LogP contribution < -0.4 is 14.8 Å². The molecule has 0 saturated heterocycles. The molecule has 2 aromatic carbocycles. The normalized spacial score (nSPS) is 11.5. The van der Waals surface area contributed by atoms with Crippen LogP contribution in [0.5, 0.6) is 11.5 Å². The maximum Gasteiger partial charge on any atom is 0.244 e. The quantitative estimate of drug-likeness (QED) is 0.607. The van der Waals surface area contributed by atoms with Crippen molar-refractivity contribution < 1.29 is 19.1 Å². The lowest BCUT2D eigenvalue weighted by molar-refractivity contribution is -0.136. The zero-order valence-electron chi connectivity index (χ0n) is 19.5. The molecule has 1 unspecified atom stereocenters. The number of hydrogen-bond donors (Lipinski definition) is 1. The fourth-order valence-electron chi connectivity index (χ4n) is 3.37. The number of anilines is 1. The number of rotatable bonds is 10. The monoisotopic (exact) mass is 426 g/mol. The van der Waals surface area contributed by atoms with Gasteiger partial charge < -0.3 is 19.7 Å².